The van der Waals surface area contributed by atoms with E-state index >= 15 is 0 Å². The second kappa shape index (κ2) is 1.44. The van der Waals surface area contributed by atoms with E-state index < -0.39 is 0 Å². The molecule has 0 saturated carbocycles. The van der Waals surface area contributed by atoms with E-state index in [1.165, 1.54) is 0 Å². The topological polar surface area (TPSA) is 25.1 Å². The average Bonchev–Trinajstić information content (AvgIpc) is 2.61. The highest BCUT2D eigenvalue weighted by molar-refractivity contribution is 6.19. The molecule has 0 spiro atoms. The minimum Gasteiger partial charge on any atom is -0.367 e. The fourth-order valence-electron chi connectivity index (χ4n) is 0.982. The summed E-state index contributed by atoms with van der Waals surface area (Å²) in [5.74, 6) is 0.559. The molecule has 2 unspecified atom stereocenters. The number of rotatable bonds is 2. The number of hydrogen-bond donors (Lipinski definition) is 0. The van der Waals surface area contributed by atoms with Crippen molar-refractivity contribution in [2.45, 2.75) is 18.1 Å². The summed E-state index contributed by atoms with van der Waals surface area (Å²) in [5.41, 5.74) is -0.163. The van der Waals surface area contributed by atoms with Gasteiger partial charge in [0, 0.05) is 0 Å². The molecule has 0 N–H and O–H groups in total. The van der Waals surface area contributed by atoms with Gasteiger partial charge in [0.15, 0.2) is 0 Å². The quantitative estimate of drug-likeness (QED) is 0.427. The predicted octanol–water partition coefficient (Wildman–Crippen LogP) is 0.783. The molecule has 52 valence electrons. The molecule has 0 aromatic heterocycles. The van der Waals surface area contributed by atoms with Gasteiger partial charge in [0.25, 0.3) is 0 Å². The van der Waals surface area contributed by atoms with Crippen LogP contribution in [-0.2, 0) is 9.47 Å². The van der Waals surface area contributed by atoms with Crippen molar-refractivity contribution in [2.24, 2.45) is 0 Å². The highest BCUT2D eigenvalue weighted by atomic mass is 35.5. The third-order valence-corrected chi connectivity index (χ3v) is 2.68. The van der Waals surface area contributed by atoms with Crippen molar-refractivity contribution in [1.29, 1.82) is 0 Å². The molecule has 2 nitrogen and oxygen atoms in total. The molecule has 0 bridgehead atoms. The summed E-state index contributed by atoms with van der Waals surface area (Å²) in [6.07, 6.45) is 0. The SMILES string of the molecule is CC1(C2(CCl)CO2)CO1. The zero-order chi connectivity index (χ0) is 6.54. The van der Waals surface area contributed by atoms with Crippen LogP contribution in [0.1, 0.15) is 6.92 Å². The molecule has 0 aromatic carbocycles. The zero-order valence-corrected chi connectivity index (χ0v) is 6.07. The van der Waals surface area contributed by atoms with E-state index in [1.807, 2.05) is 6.92 Å². The lowest BCUT2D eigenvalue weighted by Gasteiger charge is -2.10. The molecular weight excluding hydrogens is 140 g/mol. The molecule has 3 heteroatoms. The van der Waals surface area contributed by atoms with Gasteiger partial charge in [0.1, 0.15) is 11.2 Å². The number of alkyl halides is 1. The van der Waals surface area contributed by atoms with Crippen molar-refractivity contribution < 1.29 is 9.47 Å². The number of halogens is 1. The lowest BCUT2D eigenvalue weighted by atomic mass is 9.98. The van der Waals surface area contributed by atoms with Gasteiger partial charge in [0.05, 0.1) is 19.1 Å². The van der Waals surface area contributed by atoms with Gasteiger partial charge in [-0.2, -0.15) is 0 Å². The molecule has 2 saturated heterocycles. The van der Waals surface area contributed by atoms with Crippen LogP contribution in [0.4, 0.5) is 0 Å². The van der Waals surface area contributed by atoms with Crippen LogP contribution in [0, 0.1) is 0 Å². The van der Waals surface area contributed by atoms with E-state index in [0.29, 0.717) is 5.88 Å². The third-order valence-electron chi connectivity index (χ3n) is 2.25. The smallest absolute Gasteiger partial charge is 0.136 e. The average molecular weight is 149 g/mol. The summed E-state index contributed by atoms with van der Waals surface area (Å²) < 4.78 is 10.4. The van der Waals surface area contributed by atoms with Crippen molar-refractivity contribution in [2.75, 3.05) is 19.1 Å². The summed E-state index contributed by atoms with van der Waals surface area (Å²) in [4.78, 5) is 0. The molecule has 9 heavy (non-hydrogen) atoms. The lowest BCUT2D eigenvalue weighted by Crippen LogP contribution is -2.32. The van der Waals surface area contributed by atoms with Crippen LogP contribution in [0.15, 0.2) is 0 Å². The zero-order valence-electron chi connectivity index (χ0n) is 5.32. The van der Waals surface area contributed by atoms with E-state index in [0.717, 1.165) is 13.2 Å². The van der Waals surface area contributed by atoms with E-state index in [9.17, 15) is 0 Å². The van der Waals surface area contributed by atoms with Crippen molar-refractivity contribution in [1.82, 2.24) is 0 Å². The first kappa shape index (κ1) is 5.96. The molecule has 2 fully saturated rings. The standard InChI is InChI=1S/C6H9ClO2/c1-5(3-8-5)6(2-7)4-9-6/h2-4H2,1H3. The van der Waals surface area contributed by atoms with E-state index in [2.05, 4.69) is 0 Å². The Morgan fingerprint density at radius 3 is 2.11 bits per heavy atom. The van der Waals surface area contributed by atoms with E-state index in [-0.39, 0.29) is 11.2 Å². The van der Waals surface area contributed by atoms with Gasteiger partial charge < -0.3 is 9.47 Å². The third kappa shape index (κ3) is 0.642. The maximum Gasteiger partial charge on any atom is 0.136 e. The summed E-state index contributed by atoms with van der Waals surface area (Å²) in [7, 11) is 0. The molecule has 2 heterocycles. The Morgan fingerprint density at radius 1 is 1.44 bits per heavy atom. The van der Waals surface area contributed by atoms with Gasteiger partial charge in [-0.05, 0) is 6.92 Å². The van der Waals surface area contributed by atoms with Gasteiger partial charge in [-0.15, -0.1) is 11.6 Å². The van der Waals surface area contributed by atoms with Crippen LogP contribution in [0.3, 0.4) is 0 Å². The van der Waals surface area contributed by atoms with Crippen molar-refractivity contribution in [3.63, 3.8) is 0 Å². The Labute approximate surface area is 59.1 Å². The number of ether oxygens (including phenoxy) is 2. The minimum atomic E-state index is -0.117. The van der Waals surface area contributed by atoms with Crippen LogP contribution in [0.2, 0.25) is 0 Å². The van der Waals surface area contributed by atoms with Crippen LogP contribution in [0.25, 0.3) is 0 Å². The Hall–Kier alpha value is 0.210. The van der Waals surface area contributed by atoms with E-state index in [4.69, 9.17) is 21.1 Å². The van der Waals surface area contributed by atoms with Crippen molar-refractivity contribution in [3.8, 4) is 0 Å². The molecule has 0 radical (unpaired) electrons. The second-order valence-electron chi connectivity index (χ2n) is 2.94. The molecule has 2 rings (SSSR count). The van der Waals surface area contributed by atoms with Crippen molar-refractivity contribution in [3.05, 3.63) is 0 Å². The molecule has 0 amide bonds. The summed E-state index contributed by atoms with van der Waals surface area (Å²) in [6, 6.07) is 0. The van der Waals surface area contributed by atoms with E-state index in [1.54, 1.807) is 0 Å². The molecule has 2 atom stereocenters. The van der Waals surface area contributed by atoms with Crippen LogP contribution < -0.4 is 0 Å². The summed E-state index contributed by atoms with van der Waals surface area (Å²) in [5, 5.41) is 0. The van der Waals surface area contributed by atoms with Crippen LogP contribution in [0.5, 0.6) is 0 Å². The van der Waals surface area contributed by atoms with Gasteiger partial charge in [-0.3, -0.25) is 0 Å². The maximum atomic E-state index is 5.68. The van der Waals surface area contributed by atoms with Gasteiger partial charge in [0.2, 0.25) is 0 Å². The first-order valence-electron chi connectivity index (χ1n) is 3.06. The maximum absolute atomic E-state index is 5.68. The predicted molar refractivity (Wildman–Crippen MR) is 33.8 cm³/mol. The van der Waals surface area contributed by atoms with Crippen LogP contribution >= 0.6 is 11.6 Å². The Kier molecular flexibility index (Phi) is 0.953. The Morgan fingerprint density at radius 2 is 2.00 bits per heavy atom. The lowest BCUT2D eigenvalue weighted by molar-refractivity contribution is 0.186. The van der Waals surface area contributed by atoms with Crippen molar-refractivity contribution >= 4 is 11.6 Å². The first-order valence-corrected chi connectivity index (χ1v) is 3.60. The molecule has 2 aliphatic rings. The molecular formula is C6H9ClO2. The monoisotopic (exact) mass is 148 g/mol. The Balaban J connectivity index is 2.11. The number of epoxide rings is 2. The summed E-state index contributed by atoms with van der Waals surface area (Å²) >= 11 is 5.68. The van der Waals surface area contributed by atoms with Crippen LogP contribution in [-0.4, -0.2) is 30.3 Å². The fraction of sp³-hybridized carbons (Fsp3) is 1.00. The fourth-order valence-corrected chi connectivity index (χ4v) is 1.42. The normalized spacial score (nSPS) is 55.3. The highest BCUT2D eigenvalue weighted by Gasteiger charge is 2.66. The molecule has 0 aromatic rings. The Bertz CT molecular complexity index is 138. The summed E-state index contributed by atoms with van der Waals surface area (Å²) in [6.45, 7) is 3.62. The highest BCUT2D eigenvalue weighted by Crippen LogP contribution is 2.49. The minimum absolute atomic E-state index is 0.0469. The largest absolute Gasteiger partial charge is 0.367 e. The van der Waals surface area contributed by atoms with Gasteiger partial charge in [-0.25, -0.2) is 0 Å². The second-order valence-corrected chi connectivity index (χ2v) is 3.20. The number of hydrogen-bond acceptors (Lipinski definition) is 2. The first-order chi connectivity index (χ1) is 4.22. The molecule has 2 aliphatic heterocycles. The van der Waals surface area contributed by atoms with Gasteiger partial charge >= 0.3 is 0 Å². The molecule has 0 aliphatic carbocycles. The van der Waals surface area contributed by atoms with Gasteiger partial charge in [-0.1, -0.05) is 0 Å².